The van der Waals surface area contributed by atoms with E-state index in [1.807, 2.05) is 0 Å². The largest absolute Gasteiger partial charge is 0.619 e. The van der Waals surface area contributed by atoms with Crippen molar-refractivity contribution < 1.29 is 19.0 Å². The van der Waals surface area contributed by atoms with Crippen LogP contribution in [0.2, 0.25) is 0 Å². The minimum atomic E-state index is -1.19. The average Bonchev–Trinajstić information content (AvgIpc) is 2.91. The topological polar surface area (TPSA) is 67.5 Å². The molecule has 1 atom stereocenters. The maximum Gasteiger partial charge on any atom is 0.260 e. The SMILES string of the molecule is O=C(c1ccc[n+]([O-])c1)N1CC[C@@](O)(c2ccc(F)cc2)C1. The number of amides is 1. The molecule has 0 radical (unpaired) electrons. The zero-order valence-corrected chi connectivity index (χ0v) is 11.8. The summed E-state index contributed by atoms with van der Waals surface area (Å²) >= 11 is 0. The maximum atomic E-state index is 13.0. The van der Waals surface area contributed by atoms with Crippen LogP contribution < -0.4 is 4.73 Å². The summed E-state index contributed by atoms with van der Waals surface area (Å²) in [6.45, 7) is 0.492. The van der Waals surface area contributed by atoms with Gasteiger partial charge < -0.3 is 15.2 Å². The fourth-order valence-electron chi connectivity index (χ4n) is 2.73. The van der Waals surface area contributed by atoms with Crippen molar-refractivity contribution in [3.63, 3.8) is 0 Å². The Morgan fingerprint density at radius 2 is 2.05 bits per heavy atom. The van der Waals surface area contributed by atoms with Crippen molar-refractivity contribution in [3.05, 3.63) is 70.9 Å². The van der Waals surface area contributed by atoms with Crippen LogP contribution in [-0.2, 0) is 5.60 Å². The first-order chi connectivity index (χ1) is 10.5. The molecule has 1 saturated heterocycles. The van der Waals surface area contributed by atoms with Crippen molar-refractivity contribution >= 4 is 5.91 Å². The van der Waals surface area contributed by atoms with Crippen LogP contribution in [0.15, 0.2) is 48.8 Å². The van der Waals surface area contributed by atoms with Gasteiger partial charge in [-0.05, 0) is 30.2 Å². The molecule has 1 aromatic heterocycles. The van der Waals surface area contributed by atoms with Crippen LogP contribution in [0.3, 0.4) is 0 Å². The van der Waals surface area contributed by atoms with E-state index in [1.165, 1.54) is 47.6 Å². The molecule has 1 fully saturated rings. The van der Waals surface area contributed by atoms with E-state index in [0.717, 1.165) is 0 Å². The van der Waals surface area contributed by atoms with E-state index in [4.69, 9.17) is 0 Å². The van der Waals surface area contributed by atoms with E-state index >= 15 is 0 Å². The van der Waals surface area contributed by atoms with Crippen LogP contribution in [0, 0.1) is 11.0 Å². The van der Waals surface area contributed by atoms with Gasteiger partial charge in [-0.2, -0.15) is 4.73 Å². The number of rotatable bonds is 2. The van der Waals surface area contributed by atoms with E-state index in [9.17, 15) is 19.5 Å². The van der Waals surface area contributed by atoms with Gasteiger partial charge in [0.1, 0.15) is 17.0 Å². The summed E-state index contributed by atoms with van der Waals surface area (Å²) in [6.07, 6.45) is 2.88. The van der Waals surface area contributed by atoms with E-state index in [2.05, 4.69) is 0 Å². The molecule has 2 heterocycles. The molecular weight excluding hydrogens is 287 g/mol. The molecule has 1 aliphatic heterocycles. The Kier molecular flexibility index (Phi) is 3.54. The van der Waals surface area contributed by atoms with Crippen LogP contribution in [0.5, 0.6) is 0 Å². The molecule has 5 nitrogen and oxygen atoms in total. The quantitative estimate of drug-likeness (QED) is 0.669. The lowest BCUT2D eigenvalue weighted by Crippen LogP contribution is -2.36. The Balaban J connectivity index is 1.79. The molecule has 1 aromatic carbocycles. The first-order valence-corrected chi connectivity index (χ1v) is 6.94. The lowest BCUT2D eigenvalue weighted by molar-refractivity contribution is -0.605. The Labute approximate surface area is 126 Å². The molecular formula is C16H15FN2O3. The summed E-state index contributed by atoms with van der Waals surface area (Å²) in [5, 5.41) is 21.9. The number of β-amino-alcohol motifs (C(OH)–C–C–N with tert-alkyl or cyclic N) is 1. The van der Waals surface area contributed by atoms with E-state index in [0.29, 0.717) is 23.3 Å². The second-order valence-corrected chi connectivity index (χ2v) is 5.47. The number of halogens is 1. The van der Waals surface area contributed by atoms with Crippen LogP contribution >= 0.6 is 0 Å². The van der Waals surface area contributed by atoms with E-state index in [-0.39, 0.29) is 23.8 Å². The van der Waals surface area contributed by atoms with Crippen LogP contribution in [-0.4, -0.2) is 29.0 Å². The molecule has 22 heavy (non-hydrogen) atoms. The number of likely N-dealkylation sites (tertiary alicyclic amines) is 1. The Morgan fingerprint density at radius 3 is 2.73 bits per heavy atom. The van der Waals surface area contributed by atoms with Gasteiger partial charge in [0.15, 0.2) is 12.4 Å². The summed E-state index contributed by atoms with van der Waals surface area (Å²) in [7, 11) is 0. The molecule has 0 bridgehead atoms. The molecule has 6 heteroatoms. The standard InChI is InChI=1S/C16H15FN2O3/c17-14-5-3-13(4-6-14)16(21)7-9-18(11-16)15(20)12-2-1-8-19(22)10-12/h1-6,8,10,21H,7,9,11H2/t16-/m0/s1. The predicted molar refractivity (Wildman–Crippen MR) is 76.2 cm³/mol. The third-order valence-electron chi connectivity index (χ3n) is 3.94. The van der Waals surface area contributed by atoms with Gasteiger partial charge in [-0.15, -0.1) is 0 Å². The predicted octanol–water partition coefficient (Wildman–Crippen LogP) is 1.19. The van der Waals surface area contributed by atoms with Gasteiger partial charge in [0.2, 0.25) is 0 Å². The lowest BCUT2D eigenvalue weighted by Gasteiger charge is -2.23. The molecule has 1 N–H and O–H groups in total. The van der Waals surface area contributed by atoms with Crippen LogP contribution in [0.1, 0.15) is 22.3 Å². The van der Waals surface area contributed by atoms with Gasteiger partial charge in [0.25, 0.3) is 5.91 Å². The average molecular weight is 302 g/mol. The summed E-state index contributed by atoms with van der Waals surface area (Å²) in [5.74, 6) is -0.675. The number of pyridine rings is 1. The van der Waals surface area contributed by atoms with Crippen LogP contribution in [0.25, 0.3) is 0 Å². The monoisotopic (exact) mass is 302 g/mol. The van der Waals surface area contributed by atoms with Crippen molar-refractivity contribution in [2.45, 2.75) is 12.0 Å². The fourth-order valence-corrected chi connectivity index (χ4v) is 2.73. The summed E-state index contributed by atoms with van der Waals surface area (Å²) < 4.78 is 13.5. The van der Waals surface area contributed by atoms with Crippen molar-refractivity contribution in [2.75, 3.05) is 13.1 Å². The number of aliphatic hydroxyl groups is 1. The van der Waals surface area contributed by atoms with Crippen LogP contribution in [0.4, 0.5) is 4.39 Å². The van der Waals surface area contributed by atoms with Gasteiger partial charge in [-0.3, -0.25) is 4.79 Å². The number of aromatic nitrogens is 1. The number of carbonyl (C=O) groups is 1. The molecule has 1 aliphatic rings. The molecule has 3 rings (SSSR count). The number of nitrogens with zero attached hydrogens (tertiary/aromatic N) is 2. The summed E-state index contributed by atoms with van der Waals surface area (Å²) in [4.78, 5) is 13.9. The Hall–Kier alpha value is -2.47. The van der Waals surface area contributed by atoms with Crippen molar-refractivity contribution in [3.8, 4) is 0 Å². The zero-order valence-electron chi connectivity index (χ0n) is 11.8. The third-order valence-corrected chi connectivity index (χ3v) is 3.94. The lowest BCUT2D eigenvalue weighted by atomic mass is 9.93. The summed E-state index contributed by atoms with van der Waals surface area (Å²) in [6, 6.07) is 8.69. The van der Waals surface area contributed by atoms with Gasteiger partial charge in [0, 0.05) is 12.6 Å². The van der Waals surface area contributed by atoms with Gasteiger partial charge in [-0.1, -0.05) is 12.1 Å². The minimum absolute atomic E-state index is 0.116. The number of benzene rings is 1. The number of carbonyl (C=O) groups excluding carboxylic acids is 1. The molecule has 114 valence electrons. The van der Waals surface area contributed by atoms with Crippen molar-refractivity contribution in [1.29, 1.82) is 0 Å². The Bertz CT molecular complexity index is 705. The smallest absolute Gasteiger partial charge is 0.260 e. The second kappa shape index (κ2) is 5.38. The molecule has 0 aliphatic carbocycles. The molecule has 0 saturated carbocycles. The number of hydrogen-bond donors (Lipinski definition) is 1. The molecule has 0 unspecified atom stereocenters. The molecule has 2 aromatic rings. The maximum absolute atomic E-state index is 13.0. The van der Waals surface area contributed by atoms with Gasteiger partial charge >= 0.3 is 0 Å². The first-order valence-electron chi connectivity index (χ1n) is 6.94. The van der Waals surface area contributed by atoms with E-state index < -0.39 is 5.60 Å². The minimum Gasteiger partial charge on any atom is -0.619 e. The fraction of sp³-hybridized carbons (Fsp3) is 0.250. The highest BCUT2D eigenvalue weighted by atomic mass is 19.1. The zero-order chi connectivity index (χ0) is 15.7. The highest BCUT2D eigenvalue weighted by Crippen LogP contribution is 2.32. The normalized spacial score (nSPS) is 21.1. The van der Waals surface area contributed by atoms with Gasteiger partial charge in [-0.25, -0.2) is 4.39 Å². The second-order valence-electron chi connectivity index (χ2n) is 5.47. The molecule has 1 amide bonds. The highest BCUT2D eigenvalue weighted by Gasteiger charge is 2.40. The molecule has 0 spiro atoms. The first kappa shape index (κ1) is 14.5. The van der Waals surface area contributed by atoms with Crippen molar-refractivity contribution in [1.82, 2.24) is 4.90 Å². The third kappa shape index (κ3) is 2.65. The number of hydrogen-bond acceptors (Lipinski definition) is 3. The van der Waals surface area contributed by atoms with E-state index in [1.54, 1.807) is 6.07 Å². The summed E-state index contributed by atoms with van der Waals surface area (Å²) in [5.41, 5.74) is -0.331. The van der Waals surface area contributed by atoms with Crippen molar-refractivity contribution in [2.24, 2.45) is 0 Å². The highest BCUT2D eigenvalue weighted by molar-refractivity contribution is 5.93. The Morgan fingerprint density at radius 1 is 1.32 bits per heavy atom. The van der Waals surface area contributed by atoms with Gasteiger partial charge in [0.05, 0.1) is 6.54 Å².